The monoisotopic (exact) mass is 766 g/mol. The van der Waals surface area contributed by atoms with Crippen molar-refractivity contribution in [1.29, 1.82) is 0 Å². The molecule has 58 heavy (non-hydrogen) atoms. The number of benzene rings is 4. The van der Waals surface area contributed by atoms with Crippen LogP contribution in [0.4, 0.5) is 11.6 Å². The molecule has 0 amide bonds. The first-order chi connectivity index (χ1) is 28.6. The maximum atomic E-state index is 6.44. The van der Waals surface area contributed by atoms with Crippen molar-refractivity contribution in [2.24, 2.45) is 5.92 Å². The van der Waals surface area contributed by atoms with E-state index < -0.39 is 0 Å². The summed E-state index contributed by atoms with van der Waals surface area (Å²) in [7, 11) is 3.28. The van der Waals surface area contributed by atoms with E-state index in [0.717, 1.165) is 85.3 Å². The number of fused-ring (bicyclic) bond motifs is 3. The molecule has 0 fully saturated rings. The smallest absolute Gasteiger partial charge is 0.161 e. The molecular weight excluding hydrogens is 725 g/mol. The second-order valence-corrected chi connectivity index (χ2v) is 14.5. The maximum Gasteiger partial charge on any atom is 0.161 e. The third-order valence-electron chi connectivity index (χ3n) is 10.7. The predicted molar refractivity (Wildman–Crippen MR) is 227 cm³/mol. The fourth-order valence-corrected chi connectivity index (χ4v) is 7.62. The molecule has 0 saturated carbocycles. The molecule has 0 aliphatic carbocycles. The molecule has 4 aromatic carbocycles. The Morgan fingerprint density at radius 3 is 1.93 bits per heavy atom. The minimum absolute atomic E-state index is 0.271. The molecule has 1 aliphatic rings. The molecular formula is C47H42N8O3. The zero-order valence-corrected chi connectivity index (χ0v) is 32.4. The molecule has 0 radical (unpaired) electrons. The van der Waals surface area contributed by atoms with Gasteiger partial charge in [0.2, 0.25) is 0 Å². The van der Waals surface area contributed by atoms with Crippen LogP contribution >= 0.6 is 0 Å². The molecule has 0 bridgehead atoms. The van der Waals surface area contributed by atoms with E-state index in [1.54, 1.807) is 26.6 Å². The van der Waals surface area contributed by atoms with Crippen LogP contribution in [0.5, 0.6) is 17.2 Å². The molecule has 5 heterocycles. The van der Waals surface area contributed by atoms with Gasteiger partial charge in [-0.25, -0.2) is 0 Å². The predicted octanol–water partition coefficient (Wildman–Crippen LogP) is 8.50. The zero-order valence-electron chi connectivity index (χ0n) is 32.4. The van der Waals surface area contributed by atoms with Gasteiger partial charge in [0.25, 0.3) is 0 Å². The van der Waals surface area contributed by atoms with Crippen molar-refractivity contribution in [3.8, 4) is 28.4 Å². The van der Waals surface area contributed by atoms with Gasteiger partial charge in [0, 0.05) is 78.2 Å². The molecule has 288 valence electrons. The van der Waals surface area contributed by atoms with E-state index in [2.05, 4.69) is 85.4 Å². The fourth-order valence-electron chi connectivity index (χ4n) is 7.62. The Labute approximate surface area is 336 Å². The van der Waals surface area contributed by atoms with E-state index >= 15 is 0 Å². The minimum Gasteiger partial charge on any atom is -0.493 e. The van der Waals surface area contributed by atoms with E-state index in [-0.39, 0.29) is 5.92 Å². The van der Waals surface area contributed by atoms with Crippen LogP contribution in [0, 0.1) is 5.92 Å². The molecule has 1 aliphatic heterocycles. The number of rotatable bonds is 13. The van der Waals surface area contributed by atoms with Crippen molar-refractivity contribution in [2.45, 2.75) is 25.8 Å². The third kappa shape index (κ3) is 7.79. The van der Waals surface area contributed by atoms with Crippen LogP contribution in [-0.2, 0) is 25.8 Å². The number of hydrogen-bond donors (Lipinski definition) is 2. The highest BCUT2D eigenvalue weighted by Crippen LogP contribution is 2.36. The number of nitrogens with one attached hydrogen (secondary N) is 2. The van der Waals surface area contributed by atoms with Crippen molar-refractivity contribution < 1.29 is 14.2 Å². The van der Waals surface area contributed by atoms with Crippen molar-refractivity contribution in [2.75, 3.05) is 38.0 Å². The van der Waals surface area contributed by atoms with Crippen LogP contribution in [0.2, 0.25) is 0 Å². The van der Waals surface area contributed by atoms with Gasteiger partial charge < -0.3 is 24.8 Å². The lowest BCUT2D eigenvalue weighted by Gasteiger charge is -2.26. The molecule has 1 unspecified atom stereocenters. The highest BCUT2D eigenvalue weighted by molar-refractivity contribution is 5.96. The molecule has 8 aromatic rings. The highest BCUT2D eigenvalue weighted by Gasteiger charge is 2.22. The van der Waals surface area contributed by atoms with Gasteiger partial charge in [-0.05, 0) is 88.3 Å². The number of pyridine rings is 2. The third-order valence-corrected chi connectivity index (χ3v) is 10.7. The molecule has 2 N–H and O–H groups in total. The SMILES string of the molecule is COc1ccc(CNc2nnc(Cc3ccncc3)c3ccc(-c4ccc5c(c4)OCC(CNc4nnc(Cc6ccncc6)c6ccccc46)C5)cc23)cc1OC. The van der Waals surface area contributed by atoms with Gasteiger partial charge in [0.1, 0.15) is 5.75 Å². The summed E-state index contributed by atoms with van der Waals surface area (Å²) in [5.41, 5.74) is 8.48. The average molecular weight is 767 g/mol. The number of nitrogens with zero attached hydrogens (tertiary/aromatic N) is 6. The standard InChI is InChI=1S/C47H42N8O3/c1-56-43-12-7-32(24-45(43)57-2)27-50-47-40-25-34(10-11-38(40)42(53-55-47)23-31-15-19-49-20-16-31)35-8-9-36-21-33(29-58-44(36)26-35)28-51-46-39-6-4-3-5-37(39)41(52-54-46)22-30-13-17-48-18-14-30/h3-20,24-26,33H,21-23,27-29H2,1-2H3,(H,50,55)(H,51,54). The summed E-state index contributed by atoms with van der Waals surface area (Å²) in [6.07, 6.45) is 9.47. The van der Waals surface area contributed by atoms with Crippen LogP contribution in [0.3, 0.4) is 0 Å². The molecule has 4 aromatic heterocycles. The maximum absolute atomic E-state index is 6.44. The highest BCUT2D eigenvalue weighted by atomic mass is 16.5. The quantitative estimate of drug-likeness (QED) is 0.117. The van der Waals surface area contributed by atoms with Crippen molar-refractivity contribution in [1.82, 2.24) is 30.4 Å². The minimum atomic E-state index is 0.271. The summed E-state index contributed by atoms with van der Waals surface area (Å²) in [6.45, 7) is 1.85. The molecule has 1 atom stereocenters. The summed E-state index contributed by atoms with van der Waals surface area (Å²) in [5, 5.41) is 30.0. The summed E-state index contributed by atoms with van der Waals surface area (Å²) in [4.78, 5) is 8.32. The van der Waals surface area contributed by atoms with E-state index in [1.807, 2.05) is 60.9 Å². The van der Waals surface area contributed by atoms with Crippen LogP contribution in [0.1, 0.15) is 33.6 Å². The molecule has 0 saturated heterocycles. The first-order valence-corrected chi connectivity index (χ1v) is 19.4. The molecule has 11 nitrogen and oxygen atoms in total. The van der Waals surface area contributed by atoms with Gasteiger partial charge in [0.05, 0.1) is 32.2 Å². The Morgan fingerprint density at radius 1 is 0.586 bits per heavy atom. The van der Waals surface area contributed by atoms with Crippen LogP contribution in [0.25, 0.3) is 32.7 Å². The number of hydrogen-bond acceptors (Lipinski definition) is 11. The Balaban J connectivity index is 0.937. The largest absolute Gasteiger partial charge is 0.493 e. The second kappa shape index (κ2) is 16.5. The average Bonchev–Trinajstić information content (AvgIpc) is 3.28. The Morgan fingerprint density at radius 2 is 1.22 bits per heavy atom. The summed E-state index contributed by atoms with van der Waals surface area (Å²) in [6, 6.07) is 35.3. The number of aromatic nitrogens is 6. The van der Waals surface area contributed by atoms with Crippen molar-refractivity contribution in [3.05, 3.63) is 162 Å². The lowest BCUT2D eigenvalue weighted by atomic mass is 9.93. The summed E-state index contributed by atoms with van der Waals surface area (Å²) in [5.74, 6) is 4.04. The van der Waals surface area contributed by atoms with Gasteiger partial charge >= 0.3 is 0 Å². The van der Waals surface area contributed by atoms with Crippen LogP contribution < -0.4 is 24.8 Å². The van der Waals surface area contributed by atoms with Gasteiger partial charge in [-0.3, -0.25) is 9.97 Å². The molecule has 11 heteroatoms. The van der Waals surface area contributed by atoms with E-state index in [9.17, 15) is 0 Å². The first kappa shape index (κ1) is 36.5. The van der Waals surface area contributed by atoms with E-state index in [0.29, 0.717) is 43.3 Å². The van der Waals surface area contributed by atoms with Crippen molar-refractivity contribution >= 4 is 33.2 Å². The van der Waals surface area contributed by atoms with Gasteiger partial charge in [0.15, 0.2) is 23.1 Å². The van der Waals surface area contributed by atoms with Gasteiger partial charge in [-0.2, -0.15) is 10.2 Å². The first-order valence-electron chi connectivity index (χ1n) is 19.4. The van der Waals surface area contributed by atoms with E-state index in [4.69, 9.17) is 24.4 Å². The fraction of sp³-hybridized carbons (Fsp3) is 0.191. The number of anilines is 2. The lowest BCUT2D eigenvalue weighted by Crippen LogP contribution is -2.27. The summed E-state index contributed by atoms with van der Waals surface area (Å²) >= 11 is 0. The Bertz CT molecular complexity index is 2710. The van der Waals surface area contributed by atoms with Gasteiger partial charge in [-0.1, -0.05) is 54.6 Å². The Kier molecular flexibility index (Phi) is 10.4. The number of ether oxygens (including phenoxy) is 3. The normalized spacial score (nSPS) is 13.4. The van der Waals surface area contributed by atoms with E-state index in [1.165, 1.54) is 5.56 Å². The zero-order chi connectivity index (χ0) is 39.3. The van der Waals surface area contributed by atoms with Gasteiger partial charge in [-0.15, -0.1) is 10.2 Å². The van der Waals surface area contributed by atoms with Crippen LogP contribution in [-0.4, -0.2) is 57.7 Å². The Hall–Kier alpha value is -7.14. The van der Waals surface area contributed by atoms with Crippen molar-refractivity contribution in [3.63, 3.8) is 0 Å². The summed E-state index contributed by atoms with van der Waals surface area (Å²) < 4.78 is 17.4. The van der Waals surface area contributed by atoms with Crippen LogP contribution in [0.15, 0.2) is 128 Å². The molecule has 9 rings (SSSR count). The molecule has 0 spiro atoms. The number of methoxy groups -OCH3 is 2. The second-order valence-electron chi connectivity index (χ2n) is 14.5. The lowest BCUT2D eigenvalue weighted by molar-refractivity contribution is 0.229. The topological polar surface area (TPSA) is 129 Å².